The van der Waals surface area contributed by atoms with Crippen LogP contribution in [0, 0.1) is 5.92 Å². The van der Waals surface area contributed by atoms with Gasteiger partial charge in [-0.2, -0.15) is 0 Å². The van der Waals surface area contributed by atoms with Gasteiger partial charge in [0, 0.05) is 12.5 Å². The summed E-state index contributed by atoms with van der Waals surface area (Å²) < 4.78 is 0. The summed E-state index contributed by atoms with van der Waals surface area (Å²) in [4.78, 5) is 12.0. The predicted molar refractivity (Wildman–Crippen MR) is 66.3 cm³/mol. The second kappa shape index (κ2) is 5.62. The van der Waals surface area contributed by atoms with E-state index in [4.69, 9.17) is 0 Å². The zero-order valence-electron chi connectivity index (χ0n) is 10.1. The van der Waals surface area contributed by atoms with Gasteiger partial charge in [-0.05, 0) is 38.0 Å². The normalized spacial score (nSPS) is 33.4. The van der Waals surface area contributed by atoms with Gasteiger partial charge in [-0.1, -0.05) is 18.9 Å². The van der Waals surface area contributed by atoms with Crippen LogP contribution in [0.4, 0.5) is 0 Å². The van der Waals surface area contributed by atoms with Crippen LogP contribution in [0.1, 0.15) is 51.4 Å². The van der Waals surface area contributed by atoms with Crippen LogP contribution in [0.25, 0.3) is 0 Å². The van der Waals surface area contributed by atoms with Gasteiger partial charge in [0.1, 0.15) is 5.78 Å². The first-order valence-corrected chi connectivity index (χ1v) is 6.71. The van der Waals surface area contributed by atoms with Gasteiger partial charge in [-0.3, -0.25) is 4.79 Å². The molecule has 2 heteroatoms. The van der Waals surface area contributed by atoms with Crippen LogP contribution in [-0.2, 0) is 4.79 Å². The van der Waals surface area contributed by atoms with Gasteiger partial charge in [0.2, 0.25) is 0 Å². The topological polar surface area (TPSA) is 29.1 Å². The standard InChI is InChI=1S/C14H23NO/c1-2-3-4-9-14(16)13-10-11-7-5-6-8-12(11)15-13/h2,11-13,15H,1,3-10H2. The lowest BCUT2D eigenvalue weighted by atomic mass is 9.84. The van der Waals surface area contributed by atoms with Crippen LogP contribution >= 0.6 is 0 Å². The molecule has 1 heterocycles. The highest BCUT2D eigenvalue weighted by Crippen LogP contribution is 2.33. The fourth-order valence-corrected chi connectivity index (χ4v) is 3.16. The average molecular weight is 221 g/mol. The quantitative estimate of drug-likeness (QED) is 0.571. The fourth-order valence-electron chi connectivity index (χ4n) is 3.16. The molecule has 0 aromatic rings. The molecule has 1 saturated heterocycles. The average Bonchev–Trinajstić information content (AvgIpc) is 2.73. The van der Waals surface area contributed by atoms with Gasteiger partial charge in [-0.15, -0.1) is 6.58 Å². The number of ketones is 1. The van der Waals surface area contributed by atoms with E-state index < -0.39 is 0 Å². The summed E-state index contributed by atoms with van der Waals surface area (Å²) in [5.41, 5.74) is 0. The Morgan fingerprint density at radius 1 is 1.38 bits per heavy atom. The Morgan fingerprint density at radius 2 is 2.19 bits per heavy atom. The van der Waals surface area contributed by atoms with Crippen LogP contribution in [0.15, 0.2) is 12.7 Å². The van der Waals surface area contributed by atoms with Crippen LogP contribution in [0.5, 0.6) is 0 Å². The molecule has 1 aliphatic heterocycles. The minimum absolute atomic E-state index is 0.165. The lowest BCUT2D eigenvalue weighted by Crippen LogP contribution is -2.37. The van der Waals surface area contributed by atoms with E-state index in [1.807, 2.05) is 6.08 Å². The van der Waals surface area contributed by atoms with Crippen molar-refractivity contribution >= 4 is 5.78 Å². The third kappa shape index (κ3) is 2.73. The zero-order valence-corrected chi connectivity index (χ0v) is 10.1. The van der Waals surface area contributed by atoms with Gasteiger partial charge in [0.25, 0.3) is 0 Å². The van der Waals surface area contributed by atoms with Crippen molar-refractivity contribution in [3.8, 4) is 0 Å². The van der Waals surface area contributed by atoms with Crippen LogP contribution in [0.2, 0.25) is 0 Å². The van der Waals surface area contributed by atoms with Crippen molar-refractivity contribution in [2.75, 3.05) is 0 Å². The summed E-state index contributed by atoms with van der Waals surface area (Å²) in [7, 11) is 0. The molecule has 0 amide bonds. The highest BCUT2D eigenvalue weighted by molar-refractivity contribution is 5.84. The molecule has 0 bridgehead atoms. The van der Waals surface area contributed by atoms with Crippen molar-refractivity contribution in [2.24, 2.45) is 5.92 Å². The largest absolute Gasteiger partial charge is 0.304 e. The van der Waals surface area contributed by atoms with Gasteiger partial charge < -0.3 is 5.32 Å². The van der Waals surface area contributed by atoms with Crippen molar-refractivity contribution in [2.45, 2.75) is 63.5 Å². The molecular formula is C14H23NO. The Balaban J connectivity index is 1.78. The summed E-state index contributed by atoms with van der Waals surface area (Å²) in [5.74, 6) is 1.21. The smallest absolute Gasteiger partial charge is 0.149 e. The van der Waals surface area contributed by atoms with Gasteiger partial charge in [0.15, 0.2) is 0 Å². The Hall–Kier alpha value is -0.630. The fraction of sp³-hybridized carbons (Fsp3) is 0.786. The second-order valence-corrected chi connectivity index (χ2v) is 5.25. The van der Waals surface area contributed by atoms with Gasteiger partial charge >= 0.3 is 0 Å². The highest BCUT2D eigenvalue weighted by atomic mass is 16.1. The number of nitrogens with one attached hydrogen (secondary N) is 1. The lowest BCUT2D eigenvalue weighted by molar-refractivity contribution is -0.120. The minimum Gasteiger partial charge on any atom is -0.304 e. The molecule has 2 nitrogen and oxygen atoms in total. The van der Waals surface area contributed by atoms with E-state index in [2.05, 4.69) is 11.9 Å². The maximum absolute atomic E-state index is 12.0. The summed E-state index contributed by atoms with van der Waals surface area (Å²) >= 11 is 0. The number of allylic oxidation sites excluding steroid dienone is 1. The molecule has 2 aliphatic rings. The zero-order chi connectivity index (χ0) is 11.4. The highest BCUT2D eigenvalue weighted by Gasteiger charge is 2.37. The third-order valence-electron chi connectivity index (χ3n) is 4.08. The van der Waals surface area contributed by atoms with Crippen molar-refractivity contribution < 1.29 is 4.79 Å². The van der Waals surface area contributed by atoms with Crippen LogP contribution < -0.4 is 5.32 Å². The van der Waals surface area contributed by atoms with E-state index in [-0.39, 0.29) is 6.04 Å². The second-order valence-electron chi connectivity index (χ2n) is 5.25. The number of carbonyl (C=O) groups excluding carboxylic acids is 1. The molecule has 1 saturated carbocycles. The van der Waals surface area contributed by atoms with Crippen molar-refractivity contribution in [3.05, 3.63) is 12.7 Å². The monoisotopic (exact) mass is 221 g/mol. The van der Waals surface area contributed by atoms with Crippen molar-refractivity contribution in [3.63, 3.8) is 0 Å². The van der Waals surface area contributed by atoms with Crippen LogP contribution in [0.3, 0.4) is 0 Å². The predicted octanol–water partition coefficient (Wildman–Crippen LogP) is 2.83. The molecule has 0 aromatic heterocycles. The number of hydrogen-bond acceptors (Lipinski definition) is 2. The number of rotatable bonds is 5. The van der Waals surface area contributed by atoms with E-state index in [9.17, 15) is 4.79 Å². The van der Waals surface area contributed by atoms with Gasteiger partial charge in [0.05, 0.1) is 6.04 Å². The molecule has 90 valence electrons. The summed E-state index contributed by atoms with van der Waals surface area (Å²) in [6.07, 6.45) is 11.0. The number of unbranched alkanes of at least 4 members (excludes halogenated alkanes) is 1. The Morgan fingerprint density at radius 3 is 2.94 bits per heavy atom. The minimum atomic E-state index is 0.165. The Kier molecular flexibility index (Phi) is 4.16. The maximum atomic E-state index is 12.0. The molecule has 0 aromatic carbocycles. The maximum Gasteiger partial charge on any atom is 0.149 e. The first-order valence-electron chi connectivity index (χ1n) is 6.71. The first-order chi connectivity index (χ1) is 7.81. The molecule has 1 aliphatic carbocycles. The van der Waals surface area contributed by atoms with E-state index >= 15 is 0 Å². The third-order valence-corrected chi connectivity index (χ3v) is 4.08. The molecule has 3 unspecified atom stereocenters. The SMILES string of the molecule is C=CCCCC(=O)C1CC2CCCCC2N1. The Labute approximate surface area is 98.5 Å². The molecule has 0 spiro atoms. The van der Waals surface area contributed by atoms with Crippen molar-refractivity contribution in [1.82, 2.24) is 5.32 Å². The molecule has 2 rings (SSSR count). The van der Waals surface area contributed by atoms with E-state index in [1.54, 1.807) is 0 Å². The first kappa shape index (κ1) is 11.8. The van der Waals surface area contributed by atoms with Crippen LogP contribution in [-0.4, -0.2) is 17.9 Å². The number of fused-ring (bicyclic) bond motifs is 1. The van der Waals surface area contributed by atoms with Gasteiger partial charge in [-0.25, -0.2) is 0 Å². The summed E-state index contributed by atoms with van der Waals surface area (Å²) in [6.45, 7) is 3.69. The summed E-state index contributed by atoms with van der Waals surface area (Å²) in [6, 6.07) is 0.806. The lowest BCUT2D eigenvalue weighted by Gasteiger charge is -2.24. The molecular weight excluding hydrogens is 198 g/mol. The molecule has 16 heavy (non-hydrogen) atoms. The number of hydrogen-bond donors (Lipinski definition) is 1. The molecule has 2 fully saturated rings. The van der Waals surface area contributed by atoms with Crippen molar-refractivity contribution in [1.29, 1.82) is 0 Å². The summed E-state index contributed by atoms with van der Waals surface area (Å²) in [5, 5.41) is 3.54. The molecule has 3 atom stereocenters. The van der Waals surface area contributed by atoms with E-state index in [1.165, 1.54) is 25.7 Å². The number of Topliss-reactive ketones (excluding diaryl/α,β-unsaturated/α-hetero) is 1. The Bertz CT molecular complexity index is 247. The molecule has 1 N–H and O–H groups in total. The molecule has 0 radical (unpaired) electrons. The van der Waals surface area contributed by atoms with E-state index in [0.717, 1.165) is 31.6 Å². The number of carbonyl (C=O) groups is 1. The van der Waals surface area contributed by atoms with E-state index in [0.29, 0.717) is 11.8 Å².